The van der Waals surface area contributed by atoms with E-state index in [2.05, 4.69) is 26.2 Å². The Bertz CT molecular complexity index is 1130. The van der Waals surface area contributed by atoms with E-state index >= 15 is 0 Å². The van der Waals surface area contributed by atoms with Gasteiger partial charge >= 0.3 is 5.97 Å². The van der Waals surface area contributed by atoms with Gasteiger partial charge in [0.1, 0.15) is 30.1 Å². The number of carboxylic acid groups (broad SMARTS) is 1. The van der Waals surface area contributed by atoms with E-state index in [-0.39, 0.29) is 48.3 Å². The molecular formula is C18H17N7O6S. The van der Waals surface area contributed by atoms with Gasteiger partial charge in [0.2, 0.25) is 17.0 Å². The number of tetrazole rings is 1. The maximum atomic E-state index is 12.3. The number of aromatic nitrogens is 4. The number of rotatable bonds is 7. The predicted octanol–water partition coefficient (Wildman–Crippen LogP) is -1.01. The third-order valence-electron chi connectivity index (χ3n) is 5.41. The third kappa shape index (κ3) is 3.37. The molecule has 4 heterocycles. The summed E-state index contributed by atoms with van der Waals surface area (Å²) in [7, 11) is 0. The monoisotopic (exact) mass is 459 g/mol. The number of β-lactam (4-membered cyclic amide) rings is 1. The molecule has 32 heavy (non-hydrogen) atoms. The van der Waals surface area contributed by atoms with Gasteiger partial charge in [-0.15, -0.1) is 5.10 Å². The summed E-state index contributed by atoms with van der Waals surface area (Å²) < 4.78 is 7.00. The molecule has 0 radical (unpaired) electrons. The molecule has 2 amide bonds. The number of ether oxygens (including phenoxy) is 1. The van der Waals surface area contributed by atoms with Crippen molar-refractivity contribution in [1.82, 2.24) is 30.4 Å². The van der Waals surface area contributed by atoms with E-state index in [4.69, 9.17) is 4.74 Å². The van der Waals surface area contributed by atoms with Crippen molar-refractivity contribution in [3.63, 3.8) is 0 Å². The van der Waals surface area contributed by atoms with E-state index in [1.807, 2.05) is 0 Å². The molecule has 3 aliphatic rings. The highest BCUT2D eigenvalue weighted by Crippen LogP contribution is 2.43. The van der Waals surface area contributed by atoms with Crippen molar-refractivity contribution in [2.24, 2.45) is 0 Å². The van der Waals surface area contributed by atoms with E-state index < -0.39 is 18.1 Å². The van der Waals surface area contributed by atoms with Crippen molar-refractivity contribution in [1.29, 1.82) is 0 Å². The number of benzene rings is 1. The number of hydrogen-bond donors (Lipinski definition) is 4. The zero-order valence-electron chi connectivity index (χ0n) is 16.3. The number of phenols is 1. The molecule has 1 aromatic heterocycles. The van der Waals surface area contributed by atoms with Crippen molar-refractivity contribution < 1.29 is 29.3 Å². The summed E-state index contributed by atoms with van der Waals surface area (Å²) in [6.07, 6.45) is -0.514. The Morgan fingerprint density at radius 3 is 2.84 bits per heavy atom. The van der Waals surface area contributed by atoms with Gasteiger partial charge in [-0.3, -0.25) is 19.8 Å². The Hall–Kier alpha value is -3.49. The average Bonchev–Trinajstić information content (AvgIpc) is 3.34. The molecule has 2 fully saturated rings. The van der Waals surface area contributed by atoms with Crippen molar-refractivity contribution >= 4 is 35.2 Å². The highest BCUT2D eigenvalue weighted by atomic mass is 32.2. The van der Waals surface area contributed by atoms with Gasteiger partial charge in [0.05, 0.1) is 12.8 Å². The second-order valence-corrected chi connectivity index (χ2v) is 8.24. The van der Waals surface area contributed by atoms with Crippen LogP contribution in [0, 0.1) is 0 Å². The maximum absolute atomic E-state index is 12.3. The zero-order valence-corrected chi connectivity index (χ0v) is 17.2. The van der Waals surface area contributed by atoms with Gasteiger partial charge in [0, 0.05) is 17.0 Å². The minimum absolute atomic E-state index is 0.0680. The number of aromatic hydroxyl groups is 1. The molecule has 1 aromatic carbocycles. The quantitative estimate of drug-likeness (QED) is 0.227. The molecule has 2 aromatic rings. The Kier molecular flexibility index (Phi) is 5.03. The number of aliphatic carboxylic acids is 1. The molecule has 4 N–H and O–H groups in total. The summed E-state index contributed by atoms with van der Waals surface area (Å²) >= 11 is 1.15. The number of carbonyl (C=O) groups excluding carboxylic acids is 2. The smallest absolute Gasteiger partial charge is 0.352 e. The topological polar surface area (TPSA) is 172 Å². The van der Waals surface area contributed by atoms with Crippen LogP contribution in [0.1, 0.15) is 0 Å². The fourth-order valence-electron chi connectivity index (χ4n) is 4.02. The van der Waals surface area contributed by atoms with E-state index in [9.17, 15) is 24.6 Å². The zero-order chi connectivity index (χ0) is 22.4. The van der Waals surface area contributed by atoms with Crippen molar-refractivity contribution in [2.75, 3.05) is 17.8 Å². The molecule has 166 valence electrons. The summed E-state index contributed by atoms with van der Waals surface area (Å²) in [5.74, 6) is -1.59. The van der Waals surface area contributed by atoms with Crippen LogP contribution in [0.2, 0.25) is 0 Å². The van der Waals surface area contributed by atoms with Gasteiger partial charge in [-0.2, -0.15) is 0 Å². The number of hydrogen-bond acceptors (Lipinski definition) is 10. The van der Waals surface area contributed by atoms with Crippen LogP contribution < -0.4 is 10.6 Å². The fourth-order valence-corrected chi connectivity index (χ4v) is 4.95. The average molecular weight is 459 g/mol. The highest BCUT2D eigenvalue weighted by molar-refractivity contribution is 7.99. The number of nitrogens with zero attached hydrogens (tertiary/aromatic N) is 5. The first-order valence-corrected chi connectivity index (χ1v) is 10.5. The minimum atomic E-state index is -1.20. The molecule has 3 aliphatic heterocycles. The van der Waals surface area contributed by atoms with Crippen LogP contribution in [0.4, 0.5) is 5.69 Å². The Morgan fingerprint density at radius 2 is 2.09 bits per heavy atom. The summed E-state index contributed by atoms with van der Waals surface area (Å²) in [6, 6.07) is 5.19. The number of phenolic OH excluding ortho intramolecular Hbond substituents is 1. The molecule has 3 atom stereocenters. The largest absolute Gasteiger partial charge is 0.508 e. The second-order valence-electron chi connectivity index (χ2n) is 7.29. The number of carbonyl (C=O) groups is 3. The van der Waals surface area contributed by atoms with Gasteiger partial charge in [0.25, 0.3) is 0 Å². The van der Waals surface area contributed by atoms with Crippen LogP contribution in [0.15, 0.2) is 40.7 Å². The first-order valence-electron chi connectivity index (χ1n) is 9.56. The minimum Gasteiger partial charge on any atom is -0.508 e. The summed E-state index contributed by atoms with van der Waals surface area (Å²) in [6.45, 7) is -0.0121. The standard InChI is InChI=1S/C18H17N7O6S/c26-9-3-1-8(2-4-9)20-11(27)5-24-18(21-22-23-24)32-6-10-13(17(29)30)25-14-12(16(25)28)19-7-31-15(10)14/h1-4,12,14-15,19,26H,5-7H2,(H,20,27)(H,29,30)/t12-,14-,15?/m0/s1. The lowest BCUT2D eigenvalue weighted by Gasteiger charge is -2.48. The van der Waals surface area contributed by atoms with Gasteiger partial charge in [-0.05, 0) is 34.7 Å². The molecule has 5 rings (SSSR count). The number of nitrogens with one attached hydrogen (secondary N) is 2. The van der Waals surface area contributed by atoms with Crippen LogP contribution in [-0.4, -0.2) is 83.8 Å². The lowest BCUT2D eigenvalue weighted by molar-refractivity contribution is -0.163. The summed E-state index contributed by atoms with van der Waals surface area (Å²) in [5, 5.41) is 36.3. The molecule has 0 spiro atoms. The van der Waals surface area contributed by atoms with Crippen LogP contribution in [0.25, 0.3) is 0 Å². The fraction of sp³-hybridized carbons (Fsp3) is 0.333. The SMILES string of the molecule is O=C(Cn1nnnc1SCC1=C(C(=O)O)N2C(=O)[C@H]3NCOC1[C@H]32)Nc1ccc(O)cc1. The van der Waals surface area contributed by atoms with Crippen molar-refractivity contribution in [2.45, 2.75) is 29.9 Å². The normalized spacial score (nSPS) is 23.7. The third-order valence-corrected chi connectivity index (χ3v) is 6.42. The summed E-state index contributed by atoms with van der Waals surface area (Å²) in [5.41, 5.74) is 0.915. The molecular weight excluding hydrogens is 442 g/mol. The lowest BCUT2D eigenvalue weighted by atomic mass is 9.91. The lowest BCUT2D eigenvalue weighted by Crippen LogP contribution is -2.73. The highest BCUT2D eigenvalue weighted by Gasteiger charge is 2.62. The molecule has 0 saturated carbocycles. The van der Waals surface area contributed by atoms with Crippen LogP contribution in [0.3, 0.4) is 0 Å². The Morgan fingerprint density at radius 1 is 1.31 bits per heavy atom. The molecule has 13 nitrogen and oxygen atoms in total. The first kappa shape index (κ1) is 20.4. The van der Waals surface area contributed by atoms with Gasteiger partial charge in [-0.25, -0.2) is 9.48 Å². The predicted molar refractivity (Wildman–Crippen MR) is 107 cm³/mol. The van der Waals surface area contributed by atoms with E-state index in [1.54, 1.807) is 12.1 Å². The van der Waals surface area contributed by atoms with E-state index in [0.29, 0.717) is 16.4 Å². The van der Waals surface area contributed by atoms with E-state index in [1.165, 1.54) is 21.7 Å². The van der Waals surface area contributed by atoms with Gasteiger partial charge < -0.3 is 20.3 Å². The molecule has 0 aliphatic carbocycles. The number of anilines is 1. The maximum Gasteiger partial charge on any atom is 0.352 e. The molecule has 14 heteroatoms. The van der Waals surface area contributed by atoms with Gasteiger partial charge in [-0.1, -0.05) is 11.8 Å². The van der Waals surface area contributed by atoms with Crippen LogP contribution in [0.5, 0.6) is 5.75 Å². The van der Waals surface area contributed by atoms with Gasteiger partial charge in [0.15, 0.2) is 0 Å². The van der Waals surface area contributed by atoms with Crippen molar-refractivity contribution in [3.05, 3.63) is 35.5 Å². The Balaban J connectivity index is 1.28. The van der Waals surface area contributed by atoms with E-state index in [0.717, 1.165) is 11.8 Å². The Labute approximate surface area is 184 Å². The number of thioether (sulfide) groups is 1. The molecule has 1 unspecified atom stereocenters. The molecule has 0 bridgehead atoms. The number of carboxylic acids is 1. The molecule has 2 saturated heterocycles. The first-order chi connectivity index (χ1) is 15.4. The number of amides is 2. The van der Waals surface area contributed by atoms with Crippen molar-refractivity contribution in [3.8, 4) is 5.75 Å². The van der Waals surface area contributed by atoms with Crippen LogP contribution >= 0.6 is 11.8 Å². The van der Waals surface area contributed by atoms with Crippen LogP contribution in [-0.2, 0) is 25.7 Å². The second kappa shape index (κ2) is 7.89. The summed E-state index contributed by atoms with van der Waals surface area (Å²) in [4.78, 5) is 37.8.